The van der Waals surface area contributed by atoms with Crippen molar-refractivity contribution in [1.82, 2.24) is 15.2 Å². The van der Waals surface area contributed by atoms with Gasteiger partial charge in [-0.05, 0) is 25.1 Å². The van der Waals surface area contributed by atoms with Crippen molar-refractivity contribution < 1.29 is 4.42 Å². The first-order valence-electron chi connectivity index (χ1n) is 6.87. The standard InChI is InChI=1S/C15H18ClN3O/c1-11-8-19(6-5-17-11)9-14-10-20-15(18-14)12-3-2-4-13(16)7-12/h2-4,7,10-11,17H,5-6,8-9H2,1H3. The Balaban J connectivity index is 1.70. The topological polar surface area (TPSA) is 41.3 Å². The zero-order valence-electron chi connectivity index (χ0n) is 11.5. The van der Waals surface area contributed by atoms with E-state index in [1.165, 1.54) is 0 Å². The Kier molecular flexibility index (Phi) is 4.05. The van der Waals surface area contributed by atoms with Crippen LogP contribution in [-0.4, -0.2) is 35.6 Å². The minimum atomic E-state index is 0.531. The molecule has 1 aliphatic heterocycles. The van der Waals surface area contributed by atoms with E-state index in [1.807, 2.05) is 24.3 Å². The molecule has 0 bridgehead atoms. The van der Waals surface area contributed by atoms with E-state index >= 15 is 0 Å². The average Bonchev–Trinajstić information content (AvgIpc) is 2.87. The van der Waals surface area contributed by atoms with E-state index in [9.17, 15) is 0 Å². The van der Waals surface area contributed by atoms with E-state index in [0.29, 0.717) is 17.0 Å². The molecule has 5 heteroatoms. The Morgan fingerprint density at radius 2 is 2.40 bits per heavy atom. The molecule has 0 radical (unpaired) electrons. The number of nitrogens with one attached hydrogen (secondary N) is 1. The normalized spacial score (nSPS) is 20.2. The van der Waals surface area contributed by atoms with Crippen molar-refractivity contribution in [2.75, 3.05) is 19.6 Å². The smallest absolute Gasteiger partial charge is 0.226 e. The van der Waals surface area contributed by atoms with Crippen molar-refractivity contribution in [3.05, 3.63) is 41.2 Å². The summed E-state index contributed by atoms with van der Waals surface area (Å²) in [5, 5.41) is 4.13. The van der Waals surface area contributed by atoms with E-state index < -0.39 is 0 Å². The summed E-state index contributed by atoms with van der Waals surface area (Å²) in [5.41, 5.74) is 1.88. The SMILES string of the molecule is CC1CN(Cc2coc(-c3cccc(Cl)c3)n2)CCN1. The van der Waals surface area contributed by atoms with Gasteiger partial charge in [-0.25, -0.2) is 4.98 Å². The zero-order valence-corrected chi connectivity index (χ0v) is 12.2. The van der Waals surface area contributed by atoms with E-state index in [0.717, 1.165) is 37.4 Å². The number of hydrogen-bond donors (Lipinski definition) is 1. The number of benzene rings is 1. The number of halogens is 1. The number of nitrogens with zero attached hydrogens (tertiary/aromatic N) is 2. The predicted octanol–water partition coefficient (Wildman–Crippen LogP) is 2.79. The molecule has 106 valence electrons. The Labute approximate surface area is 123 Å². The highest BCUT2D eigenvalue weighted by Crippen LogP contribution is 2.22. The fraction of sp³-hybridized carbons (Fsp3) is 0.400. The lowest BCUT2D eigenvalue weighted by Gasteiger charge is -2.31. The van der Waals surface area contributed by atoms with Gasteiger partial charge in [-0.1, -0.05) is 17.7 Å². The summed E-state index contributed by atoms with van der Waals surface area (Å²) >= 11 is 5.99. The van der Waals surface area contributed by atoms with E-state index in [1.54, 1.807) is 6.26 Å². The maximum Gasteiger partial charge on any atom is 0.226 e. The molecule has 3 rings (SSSR count). The van der Waals surface area contributed by atoms with Crippen LogP contribution in [0.3, 0.4) is 0 Å². The summed E-state index contributed by atoms with van der Waals surface area (Å²) in [4.78, 5) is 6.94. The van der Waals surface area contributed by atoms with Gasteiger partial charge in [0.2, 0.25) is 5.89 Å². The molecule has 4 nitrogen and oxygen atoms in total. The van der Waals surface area contributed by atoms with Crippen molar-refractivity contribution in [3.8, 4) is 11.5 Å². The van der Waals surface area contributed by atoms with Crippen LogP contribution in [0, 0.1) is 0 Å². The van der Waals surface area contributed by atoms with Gasteiger partial charge in [0.1, 0.15) is 6.26 Å². The maximum absolute atomic E-state index is 5.99. The summed E-state index contributed by atoms with van der Waals surface area (Å²) in [6.45, 7) is 6.14. The molecule has 0 amide bonds. The van der Waals surface area contributed by atoms with Gasteiger partial charge in [0, 0.05) is 42.8 Å². The van der Waals surface area contributed by atoms with E-state index in [-0.39, 0.29) is 0 Å². The monoisotopic (exact) mass is 291 g/mol. The molecule has 0 saturated carbocycles. The van der Waals surface area contributed by atoms with Crippen LogP contribution in [0.25, 0.3) is 11.5 Å². The molecule has 0 spiro atoms. The highest BCUT2D eigenvalue weighted by atomic mass is 35.5. The number of oxazole rings is 1. The van der Waals surface area contributed by atoms with Crippen LogP contribution in [0.2, 0.25) is 5.02 Å². The van der Waals surface area contributed by atoms with Crippen LogP contribution in [0.4, 0.5) is 0 Å². The second kappa shape index (κ2) is 5.95. The van der Waals surface area contributed by atoms with Gasteiger partial charge in [-0.2, -0.15) is 0 Å². The molecule has 2 aromatic rings. The van der Waals surface area contributed by atoms with Gasteiger partial charge in [0.05, 0.1) is 5.69 Å². The van der Waals surface area contributed by atoms with Gasteiger partial charge in [0.15, 0.2) is 0 Å². The molecule has 1 N–H and O–H groups in total. The van der Waals surface area contributed by atoms with Gasteiger partial charge < -0.3 is 9.73 Å². The first kappa shape index (κ1) is 13.6. The molecular formula is C15H18ClN3O. The summed E-state index contributed by atoms with van der Waals surface area (Å²) in [5.74, 6) is 0.630. The molecule has 1 atom stereocenters. The fourth-order valence-electron chi connectivity index (χ4n) is 2.52. The molecule has 1 aromatic carbocycles. The highest BCUT2D eigenvalue weighted by Gasteiger charge is 2.17. The third-order valence-electron chi connectivity index (χ3n) is 3.46. The maximum atomic E-state index is 5.99. The second-order valence-electron chi connectivity index (χ2n) is 5.24. The third-order valence-corrected chi connectivity index (χ3v) is 3.70. The first-order chi connectivity index (χ1) is 9.70. The molecule has 20 heavy (non-hydrogen) atoms. The Morgan fingerprint density at radius 1 is 1.50 bits per heavy atom. The molecule has 1 saturated heterocycles. The molecule has 1 unspecified atom stereocenters. The van der Waals surface area contributed by atoms with Crippen LogP contribution in [0.5, 0.6) is 0 Å². The number of aromatic nitrogens is 1. The quantitative estimate of drug-likeness (QED) is 0.944. The van der Waals surface area contributed by atoms with Crippen molar-refractivity contribution in [2.45, 2.75) is 19.5 Å². The van der Waals surface area contributed by atoms with E-state index in [2.05, 4.69) is 22.1 Å². The van der Waals surface area contributed by atoms with Crippen LogP contribution >= 0.6 is 11.6 Å². The van der Waals surface area contributed by atoms with Crippen LogP contribution < -0.4 is 5.32 Å². The molecule has 2 heterocycles. The van der Waals surface area contributed by atoms with E-state index in [4.69, 9.17) is 16.0 Å². The minimum Gasteiger partial charge on any atom is -0.444 e. The van der Waals surface area contributed by atoms with Crippen LogP contribution in [0.1, 0.15) is 12.6 Å². The van der Waals surface area contributed by atoms with Crippen LogP contribution in [0.15, 0.2) is 34.9 Å². The highest BCUT2D eigenvalue weighted by molar-refractivity contribution is 6.30. The summed E-state index contributed by atoms with van der Waals surface area (Å²) in [6.07, 6.45) is 1.74. The molecular weight excluding hydrogens is 274 g/mol. The van der Waals surface area contributed by atoms with Gasteiger partial charge in [0.25, 0.3) is 0 Å². The average molecular weight is 292 g/mol. The predicted molar refractivity (Wildman–Crippen MR) is 79.7 cm³/mol. The Hall–Kier alpha value is -1.36. The first-order valence-corrected chi connectivity index (χ1v) is 7.24. The lowest BCUT2D eigenvalue weighted by molar-refractivity contribution is 0.197. The van der Waals surface area contributed by atoms with Crippen molar-refractivity contribution in [1.29, 1.82) is 0 Å². The number of hydrogen-bond acceptors (Lipinski definition) is 4. The number of piperazine rings is 1. The second-order valence-corrected chi connectivity index (χ2v) is 5.68. The number of rotatable bonds is 3. The fourth-order valence-corrected chi connectivity index (χ4v) is 2.71. The summed E-state index contributed by atoms with van der Waals surface area (Å²) < 4.78 is 5.56. The largest absolute Gasteiger partial charge is 0.444 e. The van der Waals surface area contributed by atoms with Crippen molar-refractivity contribution in [3.63, 3.8) is 0 Å². The van der Waals surface area contributed by atoms with Crippen molar-refractivity contribution in [2.24, 2.45) is 0 Å². The lowest BCUT2D eigenvalue weighted by Crippen LogP contribution is -2.48. The molecule has 0 aliphatic carbocycles. The molecule has 1 aromatic heterocycles. The van der Waals surface area contributed by atoms with Gasteiger partial charge in [-0.3, -0.25) is 4.90 Å². The van der Waals surface area contributed by atoms with Crippen LogP contribution in [-0.2, 0) is 6.54 Å². The summed E-state index contributed by atoms with van der Waals surface area (Å²) in [7, 11) is 0. The molecule has 1 aliphatic rings. The zero-order chi connectivity index (χ0) is 13.9. The molecule has 1 fully saturated rings. The van der Waals surface area contributed by atoms with Gasteiger partial charge in [-0.15, -0.1) is 0 Å². The lowest BCUT2D eigenvalue weighted by atomic mass is 10.2. The Morgan fingerprint density at radius 3 is 3.20 bits per heavy atom. The summed E-state index contributed by atoms with van der Waals surface area (Å²) in [6, 6.07) is 8.10. The van der Waals surface area contributed by atoms with Gasteiger partial charge >= 0.3 is 0 Å². The minimum absolute atomic E-state index is 0.531. The third kappa shape index (κ3) is 3.20. The Bertz CT molecular complexity index is 584. The van der Waals surface area contributed by atoms with Crippen molar-refractivity contribution >= 4 is 11.6 Å².